The van der Waals surface area contributed by atoms with E-state index in [-0.39, 0.29) is 66.5 Å². The summed E-state index contributed by atoms with van der Waals surface area (Å²) in [7, 11) is -20.9. The minimum absolute atomic E-state index is 0.0911. The van der Waals surface area contributed by atoms with Gasteiger partial charge in [0.15, 0.2) is 0 Å². The molecule has 7 nitrogen and oxygen atoms in total. The van der Waals surface area contributed by atoms with Crippen molar-refractivity contribution in [3.8, 4) is 0 Å². The Morgan fingerprint density at radius 3 is 0.449 bits per heavy atom. The summed E-state index contributed by atoms with van der Waals surface area (Å²) in [6.45, 7) is 51.8. The molecule has 0 fully saturated rings. The molecular weight excluding hydrogens is 719 g/mol. The van der Waals surface area contributed by atoms with Crippen LogP contribution in [0.3, 0.4) is 0 Å². The maximum Gasteiger partial charge on any atom is 0.464 e. The summed E-state index contributed by atoms with van der Waals surface area (Å²) in [5.41, 5.74) is 1.09. The Morgan fingerprint density at radius 2 is 0.367 bits per heavy atom. The van der Waals surface area contributed by atoms with Gasteiger partial charge in [0.05, 0.1) is 0 Å². The quantitative estimate of drug-likeness (QED) is 0.0796. The van der Waals surface area contributed by atoms with Crippen molar-refractivity contribution in [1.82, 2.24) is 0 Å². The smallest absolute Gasteiger partial charge is 0.329 e. The van der Waals surface area contributed by atoms with E-state index in [1.807, 2.05) is 0 Å². The molecule has 296 valence electrons. The second kappa shape index (κ2) is 18.6. The van der Waals surface area contributed by atoms with Gasteiger partial charge in [-0.3, -0.25) is 0 Å². The Bertz CT molecular complexity index is 858. The minimum atomic E-state index is -4.61. The van der Waals surface area contributed by atoms with E-state index in [1.54, 1.807) is 0 Å². The van der Waals surface area contributed by atoms with E-state index in [0.29, 0.717) is 0 Å². The van der Waals surface area contributed by atoms with E-state index in [4.69, 9.17) is 21.2 Å². The topological polar surface area (TPSA) is 80.3 Å². The second-order valence-corrected chi connectivity index (χ2v) is 44.7. The first kappa shape index (κ1) is 50.1. The van der Waals surface area contributed by atoms with Crippen LogP contribution in [0.15, 0.2) is 0 Å². The van der Waals surface area contributed by atoms with Crippen LogP contribution < -0.4 is 0 Å². The fourth-order valence-electron chi connectivity index (χ4n) is 10.3. The maximum absolute atomic E-state index is 16.2. The first-order chi connectivity index (χ1) is 21.9. The minimum Gasteiger partial charge on any atom is -0.329 e. The normalized spacial score (nSPS) is 15.3. The third kappa shape index (κ3) is 10.3. The van der Waals surface area contributed by atoms with Gasteiger partial charge in [-0.15, -0.1) is 0 Å². The molecule has 0 aromatic rings. The third-order valence-corrected chi connectivity index (χ3v) is 44.0. The average molecular weight is 803 g/mol. The molecule has 0 aromatic carbocycles. The van der Waals surface area contributed by atoms with Crippen LogP contribution in [0, 0.1) is 0 Å². The highest BCUT2D eigenvalue weighted by Gasteiger charge is 2.62. The van der Waals surface area contributed by atoms with E-state index in [0.717, 1.165) is 0 Å². The summed E-state index contributed by atoms with van der Waals surface area (Å²) in [4.78, 5) is 0. The summed E-state index contributed by atoms with van der Waals surface area (Å²) in [6, 6.07) is 0. The summed E-state index contributed by atoms with van der Waals surface area (Å²) >= 11 is 0. The van der Waals surface area contributed by atoms with Gasteiger partial charge >= 0.3 is 15.6 Å². The Kier molecular flexibility index (Phi) is 19.1. The highest BCUT2D eigenvalue weighted by molar-refractivity contribution is 7.65. The van der Waals surface area contributed by atoms with Gasteiger partial charge < -0.3 is 16.9 Å². The molecule has 0 aliphatic rings. The van der Waals surface area contributed by atoms with Crippen molar-refractivity contribution in [1.29, 1.82) is 0 Å². The van der Waals surface area contributed by atoms with Crippen LogP contribution in [0.25, 0.3) is 0 Å². The first-order valence-electron chi connectivity index (χ1n) is 19.6. The fourth-order valence-corrected chi connectivity index (χ4v) is 46.3. The summed E-state index contributed by atoms with van der Waals surface area (Å²) in [6.07, 6.45) is 0. The van der Waals surface area contributed by atoms with Gasteiger partial charge in [-0.05, 0) is 66.5 Å². The van der Waals surface area contributed by atoms with Gasteiger partial charge in [0.1, 0.15) is 0 Å². The molecule has 0 aliphatic heterocycles. The van der Waals surface area contributed by atoms with Crippen LogP contribution in [0.5, 0.6) is 0 Å². The molecule has 0 spiro atoms. The SMILES string of the molecule is CC(C)[Si](OP(=O)(O[Si](C(C)C)(C(C)C)C(C)C)OP(=O)(O[Si](C(C)C)(C(C)C)C(C)C)O[Si](C(C)C)(C(C)C)C(C)C)(C(C)C)C(C)C. The van der Waals surface area contributed by atoms with Crippen molar-refractivity contribution in [2.75, 3.05) is 0 Å². The van der Waals surface area contributed by atoms with Crippen LogP contribution >= 0.6 is 15.6 Å². The summed E-state index contributed by atoms with van der Waals surface area (Å²) in [5.74, 6) is 0. The third-order valence-electron chi connectivity index (χ3n) is 12.1. The Labute approximate surface area is 310 Å². The Hall–Kier alpha value is 1.13. The zero-order valence-electron chi connectivity index (χ0n) is 36.7. The first-order valence-corrected chi connectivity index (χ1v) is 31.1. The molecule has 0 aliphatic carbocycles. The lowest BCUT2D eigenvalue weighted by molar-refractivity contribution is 0.218. The molecule has 0 saturated carbocycles. The average Bonchev–Trinajstić information content (AvgIpc) is 2.89. The highest BCUT2D eigenvalue weighted by atomic mass is 31.3. The molecule has 0 saturated heterocycles. The van der Waals surface area contributed by atoms with Crippen molar-refractivity contribution < 1.29 is 30.3 Å². The summed E-state index contributed by atoms with van der Waals surface area (Å²) in [5, 5.41) is 0. The van der Waals surface area contributed by atoms with Gasteiger partial charge in [-0.25, -0.2) is 9.13 Å². The number of phosphoric acid groups is 2. The van der Waals surface area contributed by atoms with Crippen LogP contribution in [-0.4, -0.2) is 33.3 Å². The van der Waals surface area contributed by atoms with E-state index in [1.165, 1.54) is 0 Å². The van der Waals surface area contributed by atoms with Crippen molar-refractivity contribution >= 4 is 48.9 Å². The van der Waals surface area contributed by atoms with E-state index < -0.39 is 48.9 Å². The zero-order chi connectivity index (χ0) is 39.5. The monoisotopic (exact) mass is 802 g/mol. The Morgan fingerprint density at radius 1 is 0.265 bits per heavy atom. The van der Waals surface area contributed by atoms with Crippen LogP contribution in [-0.2, 0) is 30.3 Å². The van der Waals surface area contributed by atoms with Crippen LogP contribution in [0.2, 0.25) is 66.5 Å². The van der Waals surface area contributed by atoms with Gasteiger partial charge in [-0.1, -0.05) is 166 Å². The molecule has 49 heavy (non-hydrogen) atoms. The van der Waals surface area contributed by atoms with Crippen LogP contribution in [0.4, 0.5) is 0 Å². The van der Waals surface area contributed by atoms with Crippen molar-refractivity contribution in [3.05, 3.63) is 0 Å². The summed E-state index contributed by atoms with van der Waals surface area (Å²) < 4.78 is 67.9. The molecule has 0 heterocycles. The molecule has 0 rings (SSSR count). The molecule has 0 aromatic heterocycles. The molecule has 0 N–H and O–H groups in total. The maximum atomic E-state index is 16.2. The van der Waals surface area contributed by atoms with Crippen molar-refractivity contribution in [2.24, 2.45) is 0 Å². The van der Waals surface area contributed by atoms with Crippen molar-refractivity contribution in [2.45, 2.75) is 233 Å². The number of hydrogen-bond donors (Lipinski definition) is 0. The fraction of sp³-hybridized carbons (Fsp3) is 1.00. The Balaban J connectivity index is 8.49. The zero-order valence-corrected chi connectivity index (χ0v) is 42.5. The highest BCUT2D eigenvalue weighted by Crippen LogP contribution is 2.75. The standard InChI is InChI=1S/C36H84O7P2Si4/c1-25(2)46(26(3)4,27(5)6)40-44(37,41-47(28(7)8,29(9)10)30(11)12)39-45(38,42-48(31(13)14,32(15)16)33(17)18)43-49(34(19)20,35(21)22)36(23)24/h25-36H,1-24H3. The number of hydrogen-bond acceptors (Lipinski definition) is 7. The largest absolute Gasteiger partial charge is 0.464 e. The predicted octanol–water partition coefficient (Wildman–Crippen LogP) is 16.0. The van der Waals surface area contributed by atoms with E-state index in [9.17, 15) is 0 Å². The molecular formula is C36H84O7P2Si4. The van der Waals surface area contributed by atoms with Crippen LogP contribution in [0.1, 0.15) is 166 Å². The van der Waals surface area contributed by atoms with Gasteiger partial charge in [0.2, 0.25) is 33.3 Å². The van der Waals surface area contributed by atoms with Crippen molar-refractivity contribution in [3.63, 3.8) is 0 Å². The lowest BCUT2D eigenvalue weighted by atomic mass is 10.5. The van der Waals surface area contributed by atoms with Gasteiger partial charge in [0.25, 0.3) is 0 Å². The molecule has 0 unspecified atom stereocenters. The predicted molar refractivity (Wildman–Crippen MR) is 225 cm³/mol. The molecule has 0 atom stereocenters. The second-order valence-electron chi connectivity index (χ2n) is 18.6. The molecule has 0 amide bonds. The van der Waals surface area contributed by atoms with Gasteiger partial charge in [0, 0.05) is 0 Å². The molecule has 0 radical (unpaired) electrons. The van der Waals surface area contributed by atoms with E-state index >= 15 is 9.13 Å². The van der Waals surface area contributed by atoms with Gasteiger partial charge in [-0.2, -0.15) is 4.31 Å². The van der Waals surface area contributed by atoms with E-state index in [2.05, 4.69) is 166 Å². The lowest BCUT2D eigenvalue weighted by Crippen LogP contribution is -2.52. The molecule has 13 heteroatoms. The lowest BCUT2D eigenvalue weighted by Gasteiger charge is -2.50. The molecule has 0 bridgehead atoms. The number of rotatable bonds is 22.